The fourth-order valence-corrected chi connectivity index (χ4v) is 2.05. The minimum absolute atomic E-state index is 0.229. The van der Waals surface area contributed by atoms with Crippen molar-refractivity contribution < 1.29 is 0 Å². The lowest BCUT2D eigenvalue weighted by molar-refractivity contribution is 0.332. The highest BCUT2D eigenvalue weighted by Crippen LogP contribution is 2.18. The molecule has 0 radical (unpaired) electrons. The highest BCUT2D eigenvalue weighted by atomic mass is 15.3. The molecule has 0 amide bonds. The number of hydrogen-bond acceptors (Lipinski definition) is 3. The molecule has 2 aromatic rings. The molecule has 18 heavy (non-hydrogen) atoms. The molecule has 0 fully saturated rings. The number of amidine groups is 1. The van der Waals surface area contributed by atoms with Gasteiger partial charge in [-0.2, -0.15) is 5.10 Å². The predicted molar refractivity (Wildman–Crippen MR) is 73.6 cm³/mol. The van der Waals surface area contributed by atoms with Crippen LogP contribution >= 0.6 is 0 Å². The zero-order valence-electron chi connectivity index (χ0n) is 10.8. The van der Waals surface area contributed by atoms with Crippen molar-refractivity contribution in [2.75, 3.05) is 13.6 Å². The minimum Gasteiger partial charge on any atom is -0.388 e. The summed E-state index contributed by atoms with van der Waals surface area (Å²) >= 11 is 0. The molecule has 2 rings (SSSR count). The normalized spacial score (nSPS) is 11.3. The second-order valence-corrected chi connectivity index (χ2v) is 4.60. The van der Waals surface area contributed by atoms with Gasteiger partial charge in [-0.25, -0.2) is 0 Å². The van der Waals surface area contributed by atoms with E-state index in [1.807, 2.05) is 30.9 Å². The maximum atomic E-state index is 7.23. The number of fused-ring (bicyclic) bond motifs is 1. The van der Waals surface area contributed by atoms with Crippen molar-refractivity contribution in [2.45, 2.75) is 13.0 Å². The van der Waals surface area contributed by atoms with E-state index in [-0.39, 0.29) is 5.84 Å². The van der Waals surface area contributed by atoms with Gasteiger partial charge in [0.2, 0.25) is 0 Å². The summed E-state index contributed by atoms with van der Waals surface area (Å²) < 4.78 is 1.91. The van der Waals surface area contributed by atoms with E-state index in [2.05, 4.69) is 22.1 Å². The Balaban J connectivity index is 2.14. The molecule has 1 aromatic heterocycles. The van der Waals surface area contributed by atoms with Crippen molar-refractivity contribution in [1.29, 1.82) is 5.41 Å². The number of aromatic nitrogens is 2. The molecule has 5 nitrogen and oxygen atoms in total. The standard InChI is InChI=1S/C13H19N5/c1-17(8-7-13(14)15)9-11-10-5-3-4-6-12(10)18(2)16-11/h3-6H,7-9H2,1-2H3,(H3,14,15). The average Bonchev–Trinajstić information content (AvgIpc) is 2.65. The third kappa shape index (κ3) is 2.68. The van der Waals surface area contributed by atoms with Crippen LogP contribution < -0.4 is 5.73 Å². The van der Waals surface area contributed by atoms with E-state index in [9.17, 15) is 0 Å². The molecule has 3 N–H and O–H groups in total. The number of hydrogen-bond donors (Lipinski definition) is 2. The fourth-order valence-electron chi connectivity index (χ4n) is 2.05. The van der Waals surface area contributed by atoms with Gasteiger partial charge in [0.1, 0.15) is 0 Å². The van der Waals surface area contributed by atoms with Gasteiger partial charge in [0, 0.05) is 31.9 Å². The van der Waals surface area contributed by atoms with Gasteiger partial charge >= 0.3 is 0 Å². The summed E-state index contributed by atoms with van der Waals surface area (Å²) in [5.41, 5.74) is 7.58. The number of rotatable bonds is 5. The van der Waals surface area contributed by atoms with Crippen LogP contribution in [0.4, 0.5) is 0 Å². The van der Waals surface area contributed by atoms with Gasteiger partial charge < -0.3 is 10.6 Å². The molecule has 1 heterocycles. The second-order valence-electron chi connectivity index (χ2n) is 4.60. The zero-order valence-corrected chi connectivity index (χ0v) is 10.8. The molecule has 0 aliphatic heterocycles. The molecule has 1 aromatic carbocycles. The summed E-state index contributed by atoms with van der Waals surface area (Å²) in [7, 11) is 3.98. The second kappa shape index (κ2) is 5.18. The number of nitrogens with zero attached hydrogens (tertiary/aromatic N) is 3. The van der Waals surface area contributed by atoms with Crippen molar-refractivity contribution in [3.05, 3.63) is 30.0 Å². The van der Waals surface area contributed by atoms with Crippen molar-refractivity contribution in [3.8, 4) is 0 Å². The van der Waals surface area contributed by atoms with Crippen LogP contribution in [0.2, 0.25) is 0 Å². The third-order valence-corrected chi connectivity index (χ3v) is 3.02. The highest BCUT2D eigenvalue weighted by Gasteiger charge is 2.10. The van der Waals surface area contributed by atoms with Crippen LogP contribution in [0.25, 0.3) is 10.9 Å². The molecular formula is C13H19N5. The Morgan fingerprint density at radius 3 is 2.89 bits per heavy atom. The first-order valence-corrected chi connectivity index (χ1v) is 6.00. The predicted octanol–water partition coefficient (Wildman–Crippen LogP) is 1.33. The summed E-state index contributed by atoms with van der Waals surface area (Å²) in [5, 5.41) is 13.0. The van der Waals surface area contributed by atoms with Crippen molar-refractivity contribution in [2.24, 2.45) is 12.8 Å². The Bertz CT molecular complexity index is 558. The van der Waals surface area contributed by atoms with Crippen LogP contribution in [-0.2, 0) is 13.6 Å². The molecule has 0 saturated heterocycles. The number of nitrogens with two attached hydrogens (primary N) is 1. The van der Waals surface area contributed by atoms with Gasteiger partial charge in [0.05, 0.1) is 17.0 Å². The highest BCUT2D eigenvalue weighted by molar-refractivity contribution is 5.81. The molecule has 0 spiro atoms. The quantitative estimate of drug-likeness (QED) is 0.616. The van der Waals surface area contributed by atoms with Crippen LogP contribution in [0, 0.1) is 5.41 Å². The van der Waals surface area contributed by atoms with Crippen molar-refractivity contribution >= 4 is 16.7 Å². The van der Waals surface area contributed by atoms with Crippen LogP contribution in [0.15, 0.2) is 24.3 Å². The van der Waals surface area contributed by atoms with Crippen LogP contribution in [0.1, 0.15) is 12.1 Å². The van der Waals surface area contributed by atoms with Crippen LogP contribution in [0.5, 0.6) is 0 Å². The van der Waals surface area contributed by atoms with E-state index in [4.69, 9.17) is 11.1 Å². The van der Waals surface area contributed by atoms with Gasteiger partial charge in [0.15, 0.2) is 0 Å². The van der Waals surface area contributed by atoms with Crippen molar-refractivity contribution in [1.82, 2.24) is 14.7 Å². The molecule has 5 heteroatoms. The topological polar surface area (TPSA) is 70.9 Å². The maximum absolute atomic E-state index is 7.23. The first-order valence-electron chi connectivity index (χ1n) is 6.00. The Morgan fingerprint density at radius 1 is 1.44 bits per heavy atom. The number of aryl methyl sites for hydroxylation is 1. The molecule has 96 valence electrons. The Morgan fingerprint density at radius 2 is 2.17 bits per heavy atom. The van der Waals surface area contributed by atoms with E-state index in [1.165, 1.54) is 5.39 Å². The van der Waals surface area contributed by atoms with E-state index in [0.717, 1.165) is 24.3 Å². The van der Waals surface area contributed by atoms with E-state index in [0.29, 0.717) is 6.42 Å². The van der Waals surface area contributed by atoms with Crippen LogP contribution in [0.3, 0.4) is 0 Å². The lowest BCUT2D eigenvalue weighted by Crippen LogP contribution is -2.24. The number of benzene rings is 1. The Labute approximate surface area is 107 Å². The average molecular weight is 245 g/mol. The fraction of sp³-hybridized carbons (Fsp3) is 0.385. The lowest BCUT2D eigenvalue weighted by atomic mass is 10.2. The SMILES string of the molecule is CN(CCC(=N)N)Cc1nn(C)c2ccccc12. The van der Waals surface area contributed by atoms with Gasteiger partial charge in [-0.3, -0.25) is 10.1 Å². The monoisotopic (exact) mass is 245 g/mol. The number of para-hydroxylation sites is 1. The lowest BCUT2D eigenvalue weighted by Gasteiger charge is -2.14. The van der Waals surface area contributed by atoms with E-state index >= 15 is 0 Å². The first kappa shape index (κ1) is 12.6. The molecule has 0 atom stereocenters. The summed E-state index contributed by atoms with van der Waals surface area (Å²) in [6, 6.07) is 8.22. The maximum Gasteiger partial charge on any atom is 0.0918 e. The Kier molecular flexibility index (Phi) is 3.62. The first-order chi connectivity index (χ1) is 8.58. The smallest absolute Gasteiger partial charge is 0.0918 e. The molecular weight excluding hydrogens is 226 g/mol. The summed E-state index contributed by atoms with van der Waals surface area (Å²) in [5.74, 6) is 0.229. The van der Waals surface area contributed by atoms with Gasteiger partial charge in [0.25, 0.3) is 0 Å². The van der Waals surface area contributed by atoms with E-state index in [1.54, 1.807) is 0 Å². The van der Waals surface area contributed by atoms with E-state index < -0.39 is 0 Å². The number of nitrogens with one attached hydrogen (secondary N) is 1. The minimum atomic E-state index is 0.229. The van der Waals surface area contributed by atoms with Gasteiger partial charge in [-0.1, -0.05) is 18.2 Å². The summed E-state index contributed by atoms with van der Waals surface area (Å²) in [6.07, 6.45) is 0.598. The summed E-state index contributed by atoms with van der Waals surface area (Å²) in [6.45, 7) is 1.55. The van der Waals surface area contributed by atoms with Crippen LogP contribution in [-0.4, -0.2) is 34.1 Å². The van der Waals surface area contributed by atoms with Gasteiger partial charge in [-0.05, 0) is 13.1 Å². The largest absolute Gasteiger partial charge is 0.388 e. The molecule has 0 bridgehead atoms. The summed E-state index contributed by atoms with van der Waals surface area (Å²) in [4.78, 5) is 2.14. The van der Waals surface area contributed by atoms with Crippen molar-refractivity contribution in [3.63, 3.8) is 0 Å². The molecule has 0 aliphatic carbocycles. The molecule has 0 unspecified atom stereocenters. The third-order valence-electron chi connectivity index (χ3n) is 3.02. The molecule has 0 saturated carbocycles. The molecule has 0 aliphatic rings. The Hall–Kier alpha value is -1.88. The van der Waals surface area contributed by atoms with Gasteiger partial charge in [-0.15, -0.1) is 0 Å². The zero-order chi connectivity index (χ0) is 13.1.